The Morgan fingerprint density at radius 2 is 2.00 bits per heavy atom. The van der Waals surface area contributed by atoms with Crippen molar-refractivity contribution in [1.82, 2.24) is 4.98 Å². The maximum atomic E-state index is 14.3. The zero-order chi connectivity index (χ0) is 23.2. The molecule has 0 spiro atoms. The molecule has 7 nitrogen and oxygen atoms in total. The van der Waals surface area contributed by atoms with Crippen LogP contribution < -0.4 is 11.1 Å². The summed E-state index contributed by atoms with van der Waals surface area (Å²) >= 11 is 5.74. The van der Waals surface area contributed by atoms with Crippen LogP contribution in [0.5, 0.6) is 0 Å². The topological polar surface area (TPSA) is 115 Å². The van der Waals surface area contributed by atoms with Crippen LogP contribution in [0.2, 0.25) is 5.02 Å². The zero-order valence-corrected chi connectivity index (χ0v) is 19.2. The summed E-state index contributed by atoms with van der Waals surface area (Å²) in [6.07, 6.45) is 5.32. The largest absolute Gasteiger partial charge is 0.388 e. The smallest absolute Gasteiger partial charge is 0.274 e. The van der Waals surface area contributed by atoms with Crippen LogP contribution in [0.1, 0.15) is 48.8 Å². The van der Waals surface area contributed by atoms with Crippen molar-refractivity contribution in [1.29, 1.82) is 0 Å². The van der Waals surface area contributed by atoms with Crippen LogP contribution in [0.15, 0.2) is 41.5 Å². The number of anilines is 1. The number of nitrogens with one attached hydrogen (secondary N) is 1. The van der Waals surface area contributed by atoms with Crippen LogP contribution in [0, 0.1) is 11.7 Å². The Kier molecular flexibility index (Phi) is 8.52. The normalized spacial score (nSPS) is 14.9. The third-order valence-electron chi connectivity index (χ3n) is 4.26. The van der Waals surface area contributed by atoms with Crippen molar-refractivity contribution in [2.75, 3.05) is 17.3 Å². The number of carbonyl (C=O) groups is 1. The number of hydrogen-bond donors (Lipinski definition) is 2. The molecule has 2 aromatic rings. The Labute approximate surface area is 186 Å². The number of nitrogens with zero attached hydrogens (tertiary/aromatic N) is 2. The van der Waals surface area contributed by atoms with Gasteiger partial charge < -0.3 is 11.1 Å². The highest BCUT2D eigenvalue weighted by atomic mass is 35.5. The van der Waals surface area contributed by atoms with Crippen molar-refractivity contribution < 1.29 is 17.6 Å². The molecule has 1 aliphatic carbocycles. The van der Waals surface area contributed by atoms with E-state index in [4.69, 9.17) is 17.3 Å². The van der Waals surface area contributed by atoms with Gasteiger partial charge in [0, 0.05) is 23.7 Å². The molecular formula is C21H26ClFN4O3S. The monoisotopic (exact) mass is 468 g/mol. The average molecular weight is 469 g/mol. The molecule has 0 bridgehead atoms. The first-order valence-electron chi connectivity index (χ1n) is 9.64. The molecule has 1 heterocycles. The molecule has 168 valence electrons. The van der Waals surface area contributed by atoms with Crippen LogP contribution >= 0.6 is 11.6 Å². The fourth-order valence-corrected chi connectivity index (χ4v) is 3.42. The quantitative estimate of drug-likeness (QED) is 0.491. The standard InChI is InChI=1S/C17H18ClFN4O3S.C4H8/c1-10(20)22-16(9-27(2,25)26)13-7-12(4-5-14(13)19)23-17(24)15-6-3-11(18)8-21-15;1-4-2-3-4/h3-8,16H,9H2,1-2H3,(H2,20,22)(H,23,24);4H,2-3H2,1H3. The van der Waals surface area contributed by atoms with Gasteiger partial charge in [-0.05, 0) is 43.2 Å². The van der Waals surface area contributed by atoms with Crippen molar-refractivity contribution in [2.45, 2.75) is 32.7 Å². The second-order valence-electron chi connectivity index (χ2n) is 7.61. The van der Waals surface area contributed by atoms with Crippen LogP contribution in [0.4, 0.5) is 10.1 Å². The first kappa shape index (κ1) is 24.7. The number of pyridine rings is 1. The molecule has 1 aromatic heterocycles. The van der Waals surface area contributed by atoms with Gasteiger partial charge in [-0.1, -0.05) is 31.4 Å². The van der Waals surface area contributed by atoms with Gasteiger partial charge in [-0.25, -0.2) is 17.8 Å². The number of hydrogen-bond acceptors (Lipinski definition) is 5. The van der Waals surface area contributed by atoms with Crippen molar-refractivity contribution in [3.05, 3.63) is 58.6 Å². The Balaban J connectivity index is 0.000000762. The summed E-state index contributed by atoms with van der Waals surface area (Å²) in [5.74, 6) is -0.407. The number of aliphatic imine (C=N–C) groups is 1. The number of amides is 1. The van der Waals surface area contributed by atoms with E-state index in [-0.39, 0.29) is 22.8 Å². The maximum Gasteiger partial charge on any atom is 0.274 e. The number of nitrogens with two attached hydrogens (primary N) is 1. The number of benzene rings is 1. The highest BCUT2D eigenvalue weighted by Gasteiger charge is 2.21. The van der Waals surface area contributed by atoms with E-state index >= 15 is 0 Å². The number of carbonyl (C=O) groups excluding carboxylic acids is 1. The predicted octanol–water partition coefficient (Wildman–Crippen LogP) is 4.01. The summed E-state index contributed by atoms with van der Waals surface area (Å²) in [6, 6.07) is 5.72. The highest BCUT2D eigenvalue weighted by Crippen LogP contribution is 2.27. The van der Waals surface area contributed by atoms with Gasteiger partial charge in [0.1, 0.15) is 21.3 Å². The Hall–Kier alpha value is -2.52. The molecule has 1 unspecified atom stereocenters. The number of sulfone groups is 1. The van der Waals surface area contributed by atoms with E-state index in [2.05, 4.69) is 22.2 Å². The number of rotatable bonds is 6. The molecule has 0 aliphatic heterocycles. The van der Waals surface area contributed by atoms with E-state index in [9.17, 15) is 17.6 Å². The Morgan fingerprint density at radius 3 is 2.48 bits per heavy atom. The molecule has 1 aliphatic rings. The molecule has 1 atom stereocenters. The van der Waals surface area contributed by atoms with E-state index in [1.54, 1.807) is 0 Å². The maximum absolute atomic E-state index is 14.3. The lowest BCUT2D eigenvalue weighted by molar-refractivity contribution is 0.102. The lowest BCUT2D eigenvalue weighted by Gasteiger charge is -2.15. The van der Waals surface area contributed by atoms with Crippen LogP contribution in [-0.2, 0) is 9.84 Å². The minimum atomic E-state index is -3.46. The van der Waals surface area contributed by atoms with Crippen molar-refractivity contribution in [2.24, 2.45) is 16.6 Å². The van der Waals surface area contributed by atoms with Crippen LogP contribution in [0.25, 0.3) is 0 Å². The van der Waals surface area contributed by atoms with Crippen molar-refractivity contribution >= 4 is 38.9 Å². The molecule has 0 saturated heterocycles. The van der Waals surface area contributed by atoms with Gasteiger partial charge in [-0.2, -0.15) is 0 Å². The van der Waals surface area contributed by atoms with Gasteiger partial charge in [-0.3, -0.25) is 9.79 Å². The summed E-state index contributed by atoms with van der Waals surface area (Å²) < 4.78 is 37.6. The zero-order valence-electron chi connectivity index (χ0n) is 17.6. The average Bonchev–Trinajstić information content (AvgIpc) is 3.44. The van der Waals surface area contributed by atoms with Gasteiger partial charge in [0.05, 0.1) is 22.7 Å². The molecule has 3 rings (SSSR count). The van der Waals surface area contributed by atoms with Crippen molar-refractivity contribution in [3.8, 4) is 0 Å². The minimum absolute atomic E-state index is 0.00657. The number of amidine groups is 1. The summed E-state index contributed by atoms with van der Waals surface area (Å²) in [6.45, 7) is 3.75. The van der Waals surface area contributed by atoms with Gasteiger partial charge in [0.25, 0.3) is 5.91 Å². The minimum Gasteiger partial charge on any atom is -0.388 e. The summed E-state index contributed by atoms with van der Waals surface area (Å²) in [7, 11) is -3.46. The summed E-state index contributed by atoms with van der Waals surface area (Å²) in [5.41, 5.74) is 5.94. The fraction of sp³-hybridized carbons (Fsp3) is 0.381. The molecule has 1 amide bonds. The van der Waals surface area contributed by atoms with E-state index in [1.165, 1.54) is 50.2 Å². The summed E-state index contributed by atoms with van der Waals surface area (Å²) in [4.78, 5) is 20.2. The third kappa shape index (κ3) is 9.02. The molecule has 10 heteroatoms. The summed E-state index contributed by atoms with van der Waals surface area (Å²) in [5, 5.41) is 2.96. The van der Waals surface area contributed by atoms with Crippen molar-refractivity contribution in [3.63, 3.8) is 0 Å². The highest BCUT2D eigenvalue weighted by molar-refractivity contribution is 7.90. The lowest BCUT2D eigenvalue weighted by atomic mass is 10.1. The van der Waals surface area contributed by atoms with Gasteiger partial charge in [-0.15, -0.1) is 0 Å². The van der Waals surface area contributed by atoms with E-state index < -0.39 is 33.4 Å². The lowest BCUT2D eigenvalue weighted by Crippen LogP contribution is -2.18. The second-order valence-corrected chi connectivity index (χ2v) is 10.2. The fourth-order valence-electron chi connectivity index (χ4n) is 2.48. The van der Waals surface area contributed by atoms with Gasteiger partial charge in [0.2, 0.25) is 0 Å². The SMILES string of the molecule is CC(N)=NC(CS(C)(=O)=O)c1cc(NC(=O)c2ccc(Cl)cn2)ccc1F.CC1CC1. The molecule has 1 fully saturated rings. The Morgan fingerprint density at radius 1 is 1.35 bits per heavy atom. The van der Waals surface area contributed by atoms with Crippen LogP contribution in [0.3, 0.4) is 0 Å². The first-order chi connectivity index (χ1) is 14.4. The molecule has 1 aromatic carbocycles. The van der Waals surface area contributed by atoms with Crippen LogP contribution in [-0.4, -0.2) is 37.2 Å². The molecule has 3 N–H and O–H groups in total. The number of halogens is 2. The van der Waals surface area contributed by atoms with E-state index in [1.807, 2.05) is 0 Å². The molecule has 1 saturated carbocycles. The van der Waals surface area contributed by atoms with Gasteiger partial charge >= 0.3 is 0 Å². The second kappa shape index (κ2) is 10.7. The first-order valence-corrected chi connectivity index (χ1v) is 12.1. The molecule has 0 radical (unpaired) electrons. The predicted molar refractivity (Wildman–Crippen MR) is 122 cm³/mol. The molecular weight excluding hydrogens is 443 g/mol. The molecule has 31 heavy (non-hydrogen) atoms. The van der Waals surface area contributed by atoms with Gasteiger partial charge in [0.15, 0.2) is 0 Å². The number of aromatic nitrogens is 1. The Bertz CT molecular complexity index is 1050. The van der Waals surface area contributed by atoms with E-state index in [0.29, 0.717) is 5.02 Å². The third-order valence-corrected chi connectivity index (χ3v) is 5.40. The van der Waals surface area contributed by atoms with E-state index in [0.717, 1.165) is 18.2 Å².